The lowest BCUT2D eigenvalue weighted by atomic mass is 10.1. The minimum absolute atomic E-state index is 0.186. The lowest BCUT2D eigenvalue weighted by Gasteiger charge is -2.05. The molecule has 100 valence electrons. The van der Waals surface area contributed by atoms with E-state index in [2.05, 4.69) is 10.3 Å². The summed E-state index contributed by atoms with van der Waals surface area (Å²) in [5.41, 5.74) is 3.41. The van der Waals surface area contributed by atoms with Gasteiger partial charge in [-0.25, -0.2) is 4.98 Å². The fourth-order valence-electron chi connectivity index (χ4n) is 1.59. The summed E-state index contributed by atoms with van der Waals surface area (Å²) in [6.45, 7) is 5.62. The van der Waals surface area contributed by atoms with Gasteiger partial charge in [0.05, 0.1) is 11.8 Å². The topological polar surface area (TPSA) is 62.2 Å². The van der Waals surface area contributed by atoms with Crippen molar-refractivity contribution in [1.29, 1.82) is 0 Å². The zero-order valence-electron chi connectivity index (χ0n) is 11.1. The fourth-order valence-corrected chi connectivity index (χ4v) is 2.38. The molecular formula is C14H16N2O2S. The third kappa shape index (κ3) is 3.19. The maximum Gasteiger partial charge on any atom is 0.257 e. The number of amides is 1. The van der Waals surface area contributed by atoms with Gasteiger partial charge in [-0.15, -0.1) is 11.3 Å². The first-order chi connectivity index (χ1) is 8.97. The predicted octanol–water partition coefficient (Wildman–Crippen LogP) is 3.07. The molecule has 2 aromatic rings. The molecule has 0 aliphatic rings. The summed E-state index contributed by atoms with van der Waals surface area (Å²) < 4.78 is 0. The molecule has 19 heavy (non-hydrogen) atoms. The fraction of sp³-hybridized carbons (Fsp3) is 0.286. The summed E-state index contributed by atoms with van der Waals surface area (Å²) in [5.74, 6) is -0.186. The molecular weight excluding hydrogens is 260 g/mol. The summed E-state index contributed by atoms with van der Waals surface area (Å²) in [6.07, 6.45) is -0.622. The molecule has 1 aromatic heterocycles. The molecule has 1 aromatic carbocycles. The minimum Gasteiger partial charge on any atom is -0.387 e. The Kier molecular flexibility index (Phi) is 3.97. The molecule has 1 heterocycles. The molecule has 0 aliphatic carbocycles. The molecule has 0 spiro atoms. The van der Waals surface area contributed by atoms with E-state index >= 15 is 0 Å². The SMILES string of the molecule is Cc1ccc(C(=O)Nc2nc(C(C)O)cs2)cc1C. The molecule has 0 saturated heterocycles. The van der Waals surface area contributed by atoms with E-state index in [0.29, 0.717) is 16.4 Å². The van der Waals surface area contributed by atoms with Crippen molar-refractivity contribution in [3.05, 3.63) is 46.0 Å². The van der Waals surface area contributed by atoms with Crippen LogP contribution in [-0.4, -0.2) is 16.0 Å². The highest BCUT2D eigenvalue weighted by atomic mass is 32.1. The molecule has 1 amide bonds. The van der Waals surface area contributed by atoms with Crippen molar-refractivity contribution in [1.82, 2.24) is 4.98 Å². The number of anilines is 1. The first kappa shape index (κ1) is 13.7. The third-order valence-electron chi connectivity index (χ3n) is 2.94. The summed E-state index contributed by atoms with van der Waals surface area (Å²) in [4.78, 5) is 16.2. The van der Waals surface area contributed by atoms with E-state index in [4.69, 9.17) is 0 Å². The zero-order chi connectivity index (χ0) is 14.0. The molecule has 0 bridgehead atoms. The number of thiazole rings is 1. The molecule has 2 N–H and O–H groups in total. The second-order valence-electron chi connectivity index (χ2n) is 4.51. The molecule has 1 atom stereocenters. The van der Waals surface area contributed by atoms with Crippen LogP contribution in [0.25, 0.3) is 0 Å². The number of carbonyl (C=O) groups excluding carboxylic acids is 1. The normalized spacial score (nSPS) is 12.2. The Morgan fingerprint density at radius 3 is 2.68 bits per heavy atom. The van der Waals surface area contributed by atoms with Crippen LogP contribution < -0.4 is 5.32 Å². The average molecular weight is 276 g/mol. The number of nitrogens with one attached hydrogen (secondary N) is 1. The van der Waals surface area contributed by atoms with Gasteiger partial charge in [0.25, 0.3) is 5.91 Å². The van der Waals surface area contributed by atoms with Crippen LogP contribution in [0.15, 0.2) is 23.6 Å². The van der Waals surface area contributed by atoms with Crippen LogP contribution in [0.4, 0.5) is 5.13 Å². The molecule has 0 saturated carbocycles. The van der Waals surface area contributed by atoms with Crippen molar-refractivity contribution in [2.75, 3.05) is 5.32 Å². The van der Waals surface area contributed by atoms with Crippen LogP contribution in [0.2, 0.25) is 0 Å². The molecule has 0 fully saturated rings. The second-order valence-corrected chi connectivity index (χ2v) is 5.36. The highest BCUT2D eigenvalue weighted by Gasteiger charge is 2.11. The number of benzene rings is 1. The Bertz CT molecular complexity index is 605. The van der Waals surface area contributed by atoms with Crippen molar-refractivity contribution >= 4 is 22.4 Å². The molecule has 4 nitrogen and oxygen atoms in total. The highest BCUT2D eigenvalue weighted by Crippen LogP contribution is 2.21. The Morgan fingerprint density at radius 1 is 1.37 bits per heavy atom. The number of nitrogens with zero attached hydrogens (tertiary/aromatic N) is 1. The minimum atomic E-state index is -0.622. The number of hydrogen-bond acceptors (Lipinski definition) is 4. The largest absolute Gasteiger partial charge is 0.387 e. The van der Waals surface area contributed by atoms with Gasteiger partial charge >= 0.3 is 0 Å². The van der Waals surface area contributed by atoms with Crippen molar-refractivity contribution in [3.63, 3.8) is 0 Å². The second kappa shape index (κ2) is 5.50. The number of hydrogen-bond donors (Lipinski definition) is 2. The average Bonchev–Trinajstić information content (AvgIpc) is 2.81. The number of aliphatic hydroxyl groups excluding tert-OH is 1. The Labute approximate surface area is 116 Å². The molecule has 5 heteroatoms. The number of rotatable bonds is 3. The van der Waals surface area contributed by atoms with Gasteiger partial charge < -0.3 is 5.11 Å². The van der Waals surface area contributed by atoms with Gasteiger partial charge in [-0.3, -0.25) is 10.1 Å². The molecule has 2 rings (SSSR count). The monoisotopic (exact) mass is 276 g/mol. The van der Waals surface area contributed by atoms with Crippen LogP contribution in [0, 0.1) is 13.8 Å². The van der Waals surface area contributed by atoms with Crippen LogP contribution in [0.3, 0.4) is 0 Å². The van der Waals surface area contributed by atoms with Gasteiger partial charge in [0, 0.05) is 10.9 Å². The first-order valence-electron chi connectivity index (χ1n) is 5.99. The Balaban J connectivity index is 2.13. The van der Waals surface area contributed by atoms with Gasteiger partial charge in [0.15, 0.2) is 5.13 Å². The molecule has 0 radical (unpaired) electrons. The van der Waals surface area contributed by atoms with E-state index in [1.54, 1.807) is 18.4 Å². The summed E-state index contributed by atoms with van der Waals surface area (Å²) in [6, 6.07) is 5.57. The standard InChI is InChI=1S/C14H16N2O2S/c1-8-4-5-11(6-9(8)2)13(18)16-14-15-12(7-19-14)10(3)17/h4-7,10,17H,1-3H3,(H,15,16,18). The molecule has 1 unspecified atom stereocenters. The maximum absolute atomic E-state index is 12.0. The summed E-state index contributed by atoms with van der Waals surface area (Å²) >= 11 is 1.31. The lowest BCUT2D eigenvalue weighted by molar-refractivity contribution is 0.102. The Hall–Kier alpha value is -1.72. The van der Waals surface area contributed by atoms with Crippen LogP contribution >= 0.6 is 11.3 Å². The van der Waals surface area contributed by atoms with E-state index in [0.717, 1.165) is 11.1 Å². The zero-order valence-corrected chi connectivity index (χ0v) is 11.9. The highest BCUT2D eigenvalue weighted by molar-refractivity contribution is 7.14. The summed E-state index contributed by atoms with van der Waals surface area (Å²) in [5, 5.41) is 14.4. The first-order valence-corrected chi connectivity index (χ1v) is 6.87. The van der Waals surface area contributed by atoms with Crippen molar-refractivity contribution in [3.8, 4) is 0 Å². The van der Waals surface area contributed by atoms with E-state index < -0.39 is 6.10 Å². The van der Waals surface area contributed by atoms with Crippen molar-refractivity contribution < 1.29 is 9.90 Å². The van der Waals surface area contributed by atoms with Gasteiger partial charge in [0.2, 0.25) is 0 Å². The third-order valence-corrected chi connectivity index (χ3v) is 3.72. The van der Waals surface area contributed by atoms with Crippen LogP contribution in [0.1, 0.15) is 40.2 Å². The van der Waals surface area contributed by atoms with Gasteiger partial charge in [-0.05, 0) is 44.0 Å². The number of aryl methyl sites for hydroxylation is 2. The van der Waals surface area contributed by atoms with Crippen LogP contribution in [0.5, 0.6) is 0 Å². The Morgan fingerprint density at radius 2 is 2.11 bits per heavy atom. The number of aromatic nitrogens is 1. The molecule has 0 aliphatic heterocycles. The van der Waals surface area contributed by atoms with Crippen LogP contribution in [-0.2, 0) is 0 Å². The van der Waals surface area contributed by atoms with E-state index in [-0.39, 0.29) is 5.91 Å². The predicted molar refractivity (Wildman–Crippen MR) is 76.6 cm³/mol. The smallest absolute Gasteiger partial charge is 0.257 e. The van der Waals surface area contributed by atoms with E-state index in [1.807, 2.05) is 26.0 Å². The number of aliphatic hydroxyl groups is 1. The maximum atomic E-state index is 12.0. The quantitative estimate of drug-likeness (QED) is 0.905. The lowest BCUT2D eigenvalue weighted by Crippen LogP contribution is -2.12. The summed E-state index contributed by atoms with van der Waals surface area (Å²) in [7, 11) is 0. The number of carbonyl (C=O) groups is 1. The van der Waals surface area contributed by atoms with Gasteiger partial charge in [-0.2, -0.15) is 0 Å². The van der Waals surface area contributed by atoms with E-state index in [1.165, 1.54) is 11.3 Å². The van der Waals surface area contributed by atoms with E-state index in [9.17, 15) is 9.90 Å². The van der Waals surface area contributed by atoms with Crippen molar-refractivity contribution in [2.45, 2.75) is 26.9 Å². The van der Waals surface area contributed by atoms with Gasteiger partial charge in [0.1, 0.15) is 0 Å². The van der Waals surface area contributed by atoms with Gasteiger partial charge in [-0.1, -0.05) is 6.07 Å². The van der Waals surface area contributed by atoms with Crippen molar-refractivity contribution in [2.24, 2.45) is 0 Å².